The predicted octanol–water partition coefficient (Wildman–Crippen LogP) is 2.92. The van der Waals surface area contributed by atoms with Crippen LogP contribution in [-0.2, 0) is 0 Å². The van der Waals surface area contributed by atoms with Crippen molar-refractivity contribution in [2.75, 3.05) is 32.0 Å². The summed E-state index contributed by atoms with van der Waals surface area (Å²) < 4.78 is 0. The highest BCUT2D eigenvalue weighted by molar-refractivity contribution is 6.00. The Morgan fingerprint density at radius 3 is 2.45 bits per heavy atom. The van der Waals surface area contributed by atoms with Crippen molar-refractivity contribution in [2.45, 2.75) is 12.8 Å². The summed E-state index contributed by atoms with van der Waals surface area (Å²) in [6.07, 6.45) is 1.71. The Morgan fingerprint density at radius 1 is 1.14 bits per heavy atom. The van der Waals surface area contributed by atoms with E-state index in [1.165, 1.54) is 19.2 Å². The van der Waals surface area contributed by atoms with E-state index < -0.39 is 4.92 Å². The van der Waals surface area contributed by atoms with Crippen molar-refractivity contribution in [3.05, 3.63) is 69.8 Å². The van der Waals surface area contributed by atoms with Gasteiger partial charge in [-0.3, -0.25) is 19.7 Å². The number of likely N-dealkylation sites (tertiary alicyclic amines) is 1. The molecule has 2 aromatic carbocycles. The van der Waals surface area contributed by atoms with Gasteiger partial charge in [-0.15, -0.1) is 0 Å². The van der Waals surface area contributed by atoms with Crippen LogP contribution in [-0.4, -0.2) is 48.3 Å². The molecule has 0 bridgehead atoms. The van der Waals surface area contributed by atoms with Gasteiger partial charge < -0.3 is 15.5 Å². The Balaban J connectivity index is 1.58. The minimum Gasteiger partial charge on any atom is -0.384 e. The molecule has 0 radical (unpaired) electrons. The second kappa shape index (κ2) is 9.18. The number of hydrogen-bond acceptors (Lipinski definition) is 5. The summed E-state index contributed by atoms with van der Waals surface area (Å²) in [7, 11) is 1.49. The summed E-state index contributed by atoms with van der Waals surface area (Å²) in [6, 6.07) is 13.5. The third-order valence-electron chi connectivity index (χ3n) is 5.19. The zero-order chi connectivity index (χ0) is 20.8. The maximum absolute atomic E-state index is 12.5. The van der Waals surface area contributed by atoms with Gasteiger partial charge in [0.05, 0.1) is 10.5 Å². The number of non-ortho nitro benzene ring substituents is 1. The van der Waals surface area contributed by atoms with Crippen molar-refractivity contribution in [1.82, 2.24) is 10.2 Å². The van der Waals surface area contributed by atoms with Crippen LogP contribution in [0.5, 0.6) is 0 Å². The van der Waals surface area contributed by atoms with Gasteiger partial charge in [-0.2, -0.15) is 0 Å². The molecule has 0 atom stereocenters. The minimum absolute atomic E-state index is 0.0503. The van der Waals surface area contributed by atoms with Crippen LogP contribution >= 0.6 is 0 Å². The predicted molar refractivity (Wildman–Crippen MR) is 110 cm³/mol. The van der Waals surface area contributed by atoms with E-state index in [4.69, 9.17) is 0 Å². The molecular weight excluding hydrogens is 372 g/mol. The number of rotatable bonds is 6. The first kappa shape index (κ1) is 20.3. The third kappa shape index (κ3) is 4.90. The first-order chi connectivity index (χ1) is 14.0. The summed E-state index contributed by atoms with van der Waals surface area (Å²) in [6.45, 7) is 2.00. The molecule has 0 aliphatic carbocycles. The number of amides is 2. The number of hydrogen-bond donors (Lipinski definition) is 2. The standard InChI is InChI=1S/C21H24N4O4/c1-22-20(26)18-13-17(25(28)29)7-8-19(18)23-14-15-9-11-24(12-10-15)21(27)16-5-3-2-4-6-16/h2-8,13,15,23H,9-12,14H2,1H3,(H,22,26). The molecular formula is C21H24N4O4. The molecule has 2 aromatic rings. The molecule has 1 fully saturated rings. The van der Waals surface area contributed by atoms with Gasteiger partial charge in [-0.05, 0) is 37.0 Å². The highest BCUT2D eigenvalue weighted by Crippen LogP contribution is 2.24. The molecule has 152 valence electrons. The maximum atomic E-state index is 12.5. The summed E-state index contributed by atoms with van der Waals surface area (Å²) in [5.41, 5.74) is 1.39. The molecule has 0 spiro atoms. The van der Waals surface area contributed by atoms with E-state index in [-0.39, 0.29) is 23.1 Å². The first-order valence-electron chi connectivity index (χ1n) is 9.58. The van der Waals surface area contributed by atoms with Crippen LogP contribution in [0.3, 0.4) is 0 Å². The van der Waals surface area contributed by atoms with E-state index in [0.29, 0.717) is 36.8 Å². The maximum Gasteiger partial charge on any atom is 0.270 e. The van der Waals surface area contributed by atoms with Crippen molar-refractivity contribution in [3.8, 4) is 0 Å². The van der Waals surface area contributed by atoms with E-state index in [1.54, 1.807) is 6.07 Å². The van der Waals surface area contributed by atoms with Crippen molar-refractivity contribution in [3.63, 3.8) is 0 Å². The lowest BCUT2D eigenvalue weighted by molar-refractivity contribution is -0.384. The lowest BCUT2D eigenvalue weighted by Crippen LogP contribution is -2.40. The van der Waals surface area contributed by atoms with Gasteiger partial charge in [-0.1, -0.05) is 18.2 Å². The van der Waals surface area contributed by atoms with Crippen LogP contribution in [0.2, 0.25) is 0 Å². The van der Waals surface area contributed by atoms with E-state index in [2.05, 4.69) is 10.6 Å². The van der Waals surface area contributed by atoms with Crippen LogP contribution < -0.4 is 10.6 Å². The number of benzene rings is 2. The number of carbonyl (C=O) groups is 2. The largest absolute Gasteiger partial charge is 0.384 e. The zero-order valence-corrected chi connectivity index (χ0v) is 16.3. The summed E-state index contributed by atoms with van der Waals surface area (Å²) >= 11 is 0. The fourth-order valence-corrected chi connectivity index (χ4v) is 3.48. The topological polar surface area (TPSA) is 105 Å². The van der Waals surface area contributed by atoms with Gasteiger partial charge in [-0.25, -0.2) is 0 Å². The summed E-state index contributed by atoms with van der Waals surface area (Å²) in [5.74, 6) is 0.0244. The highest BCUT2D eigenvalue weighted by Gasteiger charge is 2.24. The molecule has 1 aliphatic rings. The second-order valence-corrected chi connectivity index (χ2v) is 7.05. The van der Waals surface area contributed by atoms with Gasteiger partial charge in [0.1, 0.15) is 0 Å². The molecule has 2 N–H and O–H groups in total. The second-order valence-electron chi connectivity index (χ2n) is 7.05. The molecule has 8 heteroatoms. The summed E-state index contributed by atoms with van der Waals surface area (Å²) in [4.78, 5) is 37.0. The number of nitrogens with zero attached hydrogens (tertiary/aromatic N) is 2. The van der Waals surface area contributed by atoms with Gasteiger partial charge in [0.15, 0.2) is 0 Å². The minimum atomic E-state index is -0.518. The molecule has 29 heavy (non-hydrogen) atoms. The number of nitro groups is 1. The van der Waals surface area contributed by atoms with Crippen molar-refractivity contribution < 1.29 is 14.5 Å². The number of nitro benzene ring substituents is 1. The summed E-state index contributed by atoms with van der Waals surface area (Å²) in [5, 5.41) is 16.8. The van der Waals surface area contributed by atoms with Crippen LogP contribution in [0, 0.1) is 16.0 Å². The van der Waals surface area contributed by atoms with Gasteiger partial charge in [0.2, 0.25) is 0 Å². The molecule has 1 aliphatic heterocycles. The van der Waals surface area contributed by atoms with Crippen LogP contribution in [0.1, 0.15) is 33.6 Å². The number of nitrogens with one attached hydrogen (secondary N) is 2. The van der Waals surface area contributed by atoms with Crippen LogP contribution in [0.15, 0.2) is 48.5 Å². The molecule has 2 amide bonds. The van der Waals surface area contributed by atoms with Gasteiger partial charge >= 0.3 is 0 Å². The molecule has 3 rings (SSSR count). The number of carbonyl (C=O) groups excluding carboxylic acids is 2. The zero-order valence-electron chi connectivity index (χ0n) is 16.3. The SMILES string of the molecule is CNC(=O)c1cc([N+](=O)[O-])ccc1NCC1CCN(C(=O)c2ccccc2)CC1. The van der Waals surface area contributed by atoms with Crippen molar-refractivity contribution >= 4 is 23.2 Å². The fraction of sp³-hybridized carbons (Fsp3) is 0.333. The quantitative estimate of drug-likeness (QED) is 0.577. The average Bonchev–Trinajstić information content (AvgIpc) is 2.77. The Labute approximate surface area is 169 Å². The fourth-order valence-electron chi connectivity index (χ4n) is 3.48. The van der Waals surface area contributed by atoms with Crippen LogP contribution in [0.4, 0.5) is 11.4 Å². The molecule has 0 unspecified atom stereocenters. The van der Waals surface area contributed by atoms with E-state index in [9.17, 15) is 19.7 Å². The molecule has 0 aromatic heterocycles. The molecule has 1 heterocycles. The molecule has 0 saturated carbocycles. The Bertz CT molecular complexity index is 893. The van der Waals surface area contributed by atoms with Gasteiger partial charge in [0, 0.05) is 50.1 Å². The normalized spacial score (nSPS) is 14.3. The highest BCUT2D eigenvalue weighted by atomic mass is 16.6. The Hall–Kier alpha value is -3.42. The van der Waals surface area contributed by atoms with Crippen molar-refractivity contribution in [1.29, 1.82) is 0 Å². The number of piperidine rings is 1. The van der Waals surface area contributed by atoms with Gasteiger partial charge in [0.25, 0.3) is 17.5 Å². The Morgan fingerprint density at radius 2 is 1.83 bits per heavy atom. The lowest BCUT2D eigenvalue weighted by atomic mass is 9.96. The number of anilines is 1. The van der Waals surface area contributed by atoms with Crippen molar-refractivity contribution in [2.24, 2.45) is 5.92 Å². The Kier molecular flexibility index (Phi) is 6.43. The van der Waals surface area contributed by atoms with E-state index in [0.717, 1.165) is 12.8 Å². The third-order valence-corrected chi connectivity index (χ3v) is 5.19. The molecule has 1 saturated heterocycles. The first-order valence-corrected chi connectivity index (χ1v) is 9.58. The van der Waals surface area contributed by atoms with Crippen LogP contribution in [0.25, 0.3) is 0 Å². The average molecular weight is 396 g/mol. The van der Waals surface area contributed by atoms with E-state index in [1.807, 2.05) is 35.2 Å². The lowest BCUT2D eigenvalue weighted by Gasteiger charge is -2.32. The molecule has 8 nitrogen and oxygen atoms in total. The van der Waals surface area contributed by atoms with E-state index >= 15 is 0 Å². The monoisotopic (exact) mass is 396 g/mol. The smallest absolute Gasteiger partial charge is 0.270 e.